The van der Waals surface area contributed by atoms with E-state index in [4.69, 9.17) is 0 Å². The molecule has 2 amide bonds. The summed E-state index contributed by atoms with van der Waals surface area (Å²) < 4.78 is 0. The monoisotopic (exact) mass is 347 g/mol. The number of benzene rings is 1. The van der Waals surface area contributed by atoms with Gasteiger partial charge in [-0.15, -0.1) is 11.8 Å². The summed E-state index contributed by atoms with van der Waals surface area (Å²) in [6.45, 7) is 4.72. The number of para-hydroxylation sites is 1. The van der Waals surface area contributed by atoms with E-state index in [0.717, 1.165) is 12.1 Å². The molecular formula is C18H25N3O2S. The zero-order valence-electron chi connectivity index (χ0n) is 14.5. The zero-order valence-corrected chi connectivity index (χ0v) is 15.3. The van der Waals surface area contributed by atoms with Crippen molar-refractivity contribution in [2.75, 3.05) is 24.2 Å². The summed E-state index contributed by atoms with van der Waals surface area (Å²) in [7, 11) is 2.03. The molecular weight excluding hydrogens is 322 g/mol. The van der Waals surface area contributed by atoms with Crippen LogP contribution in [0.2, 0.25) is 0 Å². The number of carbonyl (C=O) groups excluding carboxylic acids is 2. The molecule has 5 nitrogen and oxygen atoms in total. The molecule has 6 heteroatoms. The number of thioether (sulfide) groups is 1. The fourth-order valence-electron chi connectivity index (χ4n) is 3.44. The lowest BCUT2D eigenvalue weighted by atomic mass is 10.2. The Bertz CT molecular complexity index is 624. The van der Waals surface area contributed by atoms with Gasteiger partial charge in [0.25, 0.3) is 0 Å². The SMILES string of the molecule is C[C@H](CNC(=O)[C@@H]1CS[C@@]2(C)CCC(=O)N12)N(C)c1ccccc1. The number of fused-ring (bicyclic) bond motifs is 1. The number of hydrogen-bond acceptors (Lipinski definition) is 4. The van der Waals surface area contributed by atoms with E-state index in [1.807, 2.05) is 25.2 Å². The molecule has 2 fully saturated rings. The molecule has 2 aliphatic rings. The molecule has 2 aliphatic heterocycles. The maximum absolute atomic E-state index is 12.6. The largest absolute Gasteiger partial charge is 0.370 e. The van der Waals surface area contributed by atoms with Crippen molar-refractivity contribution in [3.63, 3.8) is 0 Å². The van der Waals surface area contributed by atoms with Crippen LogP contribution >= 0.6 is 11.8 Å². The van der Waals surface area contributed by atoms with Crippen molar-refractivity contribution in [2.24, 2.45) is 0 Å². The van der Waals surface area contributed by atoms with Gasteiger partial charge < -0.3 is 15.1 Å². The second kappa shape index (κ2) is 6.67. The Balaban J connectivity index is 1.57. The first kappa shape index (κ1) is 17.1. The van der Waals surface area contributed by atoms with Gasteiger partial charge in [-0.2, -0.15) is 0 Å². The number of amides is 2. The van der Waals surface area contributed by atoms with E-state index in [-0.39, 0.29) is 28.8 Å². The summed E-state index contributed by atoms with van der Waals surface area (Å²) in [6.07, 6.45) is 1.40. The highest BCUT2D eigenvalue weighted by Crippen LogP contribution is 2.47. The predicted molar refractivity (Wildman–Crippen MR) is 98.0 cm³/mol. The minimum Gasteiger partial charge on any atom is -0.370 e. The maximum atomic E-state index is 12.6. The van der Waals surface area contributed by atoms with Crippen LogP contribution in [0.5, 0.6) is 0 Å². The third kappa shape index (κ3) is 3.11. The molecule has 1 N–H and O–H groups in total. The molecule has 0 aliphatic carbocycles. The summed E-state index contributed by atoms with van der Waals surface area (Å²) in [5, 5.41) is 3.04. The summed E-state index contributed by atoms with van der Waals surface area (Å²) >= 11 is 1.73. The van der Waals surface area contributed by atoms with Crippen LogP contribution in [0, 0.1) is 0 Å². The van der Waals surface area contributed by atoms with E-state index in [1.54, 1.807) is 16.7 Å². The number of nitrogens with zero attached hydrogens (tertiary/aromatic N) is 2. The Labute approximate surface area is 147 Å². The minimum absolute atomic E-state index is 0.0326. The van der Waals surface area contributed by atoms with Crippen LogP contribution in [0.15, 0.2) is 30.3 Å². The molecule has 3 atom stereocenters. The molecule has 1 aromatic carbocycles. The smallest absolute Gasteiger partial charge is 0.243 e. The van der Waals surface area contributed by atoms with E-state index >= 15 is 0 Å². The summed E-state index contributed by atoms with van der Waals surface area (Å²) in [5.74, 6) is 0.767. The van der Waals surface area contributed by atoms with Crippen molar-refractivity contribution in [3.8, 4) is 0 Å². The number of anilines is 1. The Kier molecular flexibility index (Phi) is 4.76. The number of rotatable bonds is 5. The summed E-state index contributed by atoms with van der Waals surface area (Å²) in [6, 6.07) is 9.96. The molecule has 0 unspecified atom stereocenters. The fourth-order valence-corrected chi connectivity index (χ4v) is 4.87. The number of hydrogen-bond donors (Lipinski definition) is 1. The standard InChI is InChI=1S/C18H25N3O2S/c1-13(20(3)14-7-5-4-6-8-14)11-19-17(23)15-12-24-18(2)10-9-16(22)21(15)18/h4-8,13,15H,9-12H2,1-3H3,(H,19,23)/t13-,15+,18+/m1/s1. The lowest BCUT2D eigenvalue weighted by Gasteiger charge is -2.31. The normalized spacial score (nSPS) is 27.0. The van der Waals surface area contributed by atoms with Gasteiger partial charge in [0.2, 0.25) is 11.8 Å². The number of nitrogens with one attached hydrogen (secondary N) is 1. The average Bonchev–Trinajstić information content (AvgIpc) is 3.09. The van der Waals surface area contributed by atoms with E-state index in [0.29, 0.717) is 18.7 Å². The van der Waals surface area contributed by atoms with Gasteiger partial charge in [-0.1, -0.05) is 18.2 Å². The third-order valence-electron chi connectivity index (χ3n) is 5.14. The first-order valence-corrected chi connectivity index (χ1v) is 9.42. The van der Waals surface area contributed by atoms with Crippen LogP contribution in [-0.4, -0.2) is 53.0 Å². The first-order chi connectivity index (χ1) is 11.4. The molecule has 130 valence electrons. The zero-order chi connectivity index (χ0) is 17.3. The van der Waals surface area contributed by atoms with Gasteiger partial charge in [0.05, 0.1) is 4.87 Å². The van der Waals surface area contributed by atoms with Gasteiger partial charge in [-0.05, 0) is 32.4 Å². The number of likely N-dealkylation sites (N-methyl/N-ethyl adjacent to an activating group) is 1. The Morgan fingerprint density at radius 1 is 1.46 bits per heavy atom. The van der Waals surface area contributed by atoms with Crippen molar-refractivity contribution in [1.29, 1.82) is 0 Å². The lowest BCUT2D eigenvalue weighted by Crippen LogP contribution is -2.52. The van der Waals surface area contributed by atoms with Crippen LogP contribution in [0.1, 0.15) is 26.7 Å². The highest BCUT2D eigenvalue weighted by atomic mass is 32.2. The molecule has 24 heavy (non-hydrogen) atoms. The van der Waals surface area contributed by atoms with Crippen LogP contribution in [-0.2, 0) is 9.59 Å². The molecule has 0 aromatic heterocycles. The van der Waals surface area contributed by atoms with Crippen molar-refractivity contribution in [1.82, 2.24) is 10.2 Å². The second-order valence-electron chi connectivity index (χ2n) is 6.81. The minimum atomic E-state index is -0.329. The van der Waals surface area contributed by atoms with E-state index < -0.39 is 0 Å². The number of carbonyl (C=O) groups is 2. The molecule has 0 saturated carbocycles. The van der Waals surface area contributed by atoms with Gasteiger partial charge in [0, 0.05) is 37.5 Å². The van der Waals surface area contributed by atoms with E-state index in [9.17, 15) is 9.59 Å². The van der Waals surface area contributed by atoms with Gasteiger partial charge in [0.15, 0.2) is 0 Å². The quantitative estimate of drug-likeness (QED) is 0.886. The Hall–Kier alpha value is -1.69. The van der Waals surface area contributed by atoms with Gasteiger partial charge in [0.1, 0.15) is 6.04 Å². The molecule has 0 spiro atoms. The molecule has 2 saturated heterocycles. The van der Waals surface area contributed by atoms with Crippen molar-refractivity contribution in [2.45, 2.75) is 43.6 Å². The van der Waals surface area contributed by atoms with Gasteiger partial charge in [-0.25, -0.2) is 0 Å². The van der Waals surface area contributed by atoms with Crippen molar-refractivity contribution in [3.05, 3.63) is 30.3 Å². The average molecular weight is 347 g/mol. The maximum Gasteiger partial charge on any atom is 0.243 e. The van der Waals surface area contributed by atoms with E-state index in [2.05, 4.69) is 36.2 Å². The lowest BCUT2D eigenvalue weighted by molar-refractivity contribution is -0.137. The van der Waals surface area contributed by atoms with Crippen LogP contribution < -0.4 is 10.2 Å². The molecule has 0 bridgehead atoms. The Morgan fingerprint density at radius 2 is 2.17 bits per heavy atom. The predicted octanol–water partition coefficient (Wildman–Crippen LogP) is 2.08. The topological polar surface area (TPSA) is 52.7 Å². The second-order valence-corrected chi connectivity index (χ2v) is 8.31. The summed E-state index contributed by atoms with van der Waals surface area (Å²) in [5.41, 5.74) is 1.12. The van der Waals surface area contributed by atoms with Gasteiger partial charge >= 0.3 is 0 Å². The molecule has 2 heterocycles. The molecule has 0 radical (unpaired) electrons. The molecule has 3 rings (SSSR count). The third-order valence-corrected chi connectivity index (χ3v) is 6.65. The molecule has 1 aromatic rings. The van der Waals surface area contributed by atoms with Crippen LogP contribution in [0.25, 0.3) is 0 Å². The highest BCUT2D eigenvalue weighted by Gasteiger charge is 2.52. The Morgan fingerprint density at radius 3 is 2.88 bits per heavy atom. The summed E-state index contributed by atoms with van der Waals surface area (Å²) in [4.78, 5) is 28.5. The van der Waals surface area contributed by atoms with Gasteiger partial charge in [-0.3, -0.25) is 9.59 Å². The van der Waals surface area contributed by atoms with Crippen molar-refractivity contribution >= 4 is 29.3 Å². The van der Waals surface area contributed by atoms with Crippen LogP contribution in [0.3, 0.4) is 0 Å². The van der Waals surface area contributed by atoms with Crippen LogP contribution in [0.4, 0.5) is 5.69 Å². The highest BCUT2D eigenvalue weighted by molar-refractivity contribution is 8.01. The van der Waals surface area contributed by atoms with Crippen molar-refractivity contribution < 1.29 is 9.59 Å². The van der Waals surface area contributed by atoms with E-state index in [1.165, 1.54) is 0 Å². The fraction of sp³-hybridized carbons (Fsp3) is 0.556. The first-order valence-electron chi connectivity index (χ1n) is 8.44.